The van der Waals surface area contributed by atoms with Crippen LogP contribution in [0.1, 0.15) is 5.69 Å². The van der Waals surface area contributed by atoms with E-state index in [9.17, 15) is 8.42 Å². The van der Waals surface area contributed by atoms with Gasteiger partial charge in [-0.15, -0.1) is 0 Å². The van der Waals surface area contributed by atoms with E-state index in [1.54, 1.807) is 18.2 Å². The number of hydrogen-bond donors (Lipinski definition) is 1. The Morgan fingerprint density at radius 2 is 1.62 bits per heavy atom. The Bertz CT molecular complexity index is 1240. The van der Waals surface area contributed by atoms with E-state index < -0.39 is 10.0 Å². The number of benzene rings is 3. The van der Waals surface area contributed by atoms with Gasteiger partial charge in [-0.25, -0.2) is 9.82 Å². The van der Waals surface area contributed by atoms with Gasteiger partial charge >= 0.3 is 0 Å². The molecule has 128 valence electrons. The van der Waals surface area contributed by atoms with E-state index >= 15 is 0 Å². The third-order valence-corrected chi connectivity index (χ3v) is 5.09. The van der Waals surface area contributed by atoms with E-state index in [2.05, 4.69) is 19.9 Å². The van der Waals surface area contributed by atoms with Crippen LogP contribution in [-0.4, -0.2) is 24.6 Å². The Hall–Kier alpha value is -3.32. The smallest absolute Gasteiger partial charge is 0.252 e. The van der Waals surface area contributed by atoms with Gasteiger partial charge in [-0.3, -0.25) is 4.98 Å². The van der Waals surface area contributed by atoms with E-state index in [-0.39, 0.29) is 4.90 Å². The van der Waals surface area contributed by atoms with Crippen LogP contribution in [0.5, 0.6) is 0 Å². The topological polar surface area (TPSA) is 84.3 Å². The monoisotopic (exact) mass is 362 g/mol. The second-order valence-corrected chi connectivity index (χ2v) is 7.31. The molecular formula is C19H14N4O2S. The molecule has 0 unspecified atom stereocenters. The molecule has 0 fully saturated rings. The molecule has 0 aliphatic carbocycles. The maximum atomic E-state index is 12.4. The first kappa shape index (κ1) is 16.2. The number of sulfonamides is 1. The quantitative estimate of drug-likeness (QED) is 0.447. The predicted octanol–water partition coefficient (Wildman–Crippen LogP) is 3.10. The molecule has 0 bridgehead atoms. The molecule has 0 spiro atoms. The minimum atomic E-state index is -3.76. The van der Waals surface area contributed by atoms with Gasteiger partial charge in [0.15, 0.2) is 0 Å². The molecule has 0 saturated carbocycles. The molecule has 26 heavy (non-hydrogen) atoms. The summed E-state index contributed by atoms with van der Waals surface area (Å²) in [5.74, 6) is 0. The summed E-state index contributed by atoms with van der Waals surface area (Å²) in [7, 11) is -3.76. The standard InChI is InChI=1S/C19H14N4O2S/c24-26(25,17-10-9-14-5-1-2-6-15(14)11-17)23-21-13-16-12-20-18-7-3-4-8-19(18)22-16/h1-13,23H. The summed E-state index contributed by atoms with van der Waals surface area (Å²) in [4.78, 5) is 11.0. The second kappa shape index (κ2) is 6.53. The fourth-order valence-corrected chi connectivity index (χ4v) is 3.41. The zero-order valence-corrected chi connectivity index (χ0v) is 14.4. The Morgan fingerprint density at radius 3 is 2.46 bits per heavy atom. The normalized spacial score (nSPS) is 12.0. The average Bonchev–Trinajstić information content (AvgIpc) is 2.67. The number of nitrogens with zero attached hydrogens (tertiary/aromatic N) is 3. The van der Waals surface area contributed by atoms with Crippen LogP contribution in [0.4, 0.5) is 0 Å². The van der Waals surface area contributed by atoms with E-state index in [0.29, 0.717) is 11.2 Å². The molecule has 1 N–H and O–H groups in total. The van der Waals surface area contributed by atoms with Gasteiger partial charge in [0.1, 0.15) is 5.69 Å². The van der Waals surface area contributed by atoms with Crippen molar-refractivity contribution in [2.24, 2.45) is 5.10 Å². The molecule has 7 heteroatoms. The van der Waals surface area contributed by atoms with E-state index in [0.717, 1.165) is 16.3 Å². The maximum absolute atomic E-state index is 12.4. The van der Waals surface area contributed by atoms with Gasteiger partial charge in [-0.2, -0.15) is 13.5 Å². The first-order chi connectivity index (χ1) is 12.6. The summed E-state index contributed by atoms with van der Waals surface area (Å²) in [5, 5.41) is 5.63. The highest BCUT2D eigenvalue weighted by Crippen LogP contribution is 2.18. The van der Waals surface area contributed by atoms with E-state index in [1.165, 1.54) is 12.4 Å². The van der Waals surface area contributed by atoms with Crippen molar-refractivity contribution in [1.29, 1.82) is 0 Å². The Kier molecular flexibility index (Phi) is 4.06. The highest BCUT2D eigenvalue weighted by molar-refractivity contribution is 7.89. The van der Waals surface area contributed by atoms with Gasteiger partial charge in [-0.1, -0.05) is 42.5 Å². The van der Waals surface area contributed by atoms with Crippen molar-refractivity contribution in [1.82, 2.24) is 14.8 Å². The van der Waals surface area contributed by atoms with Crippen LogP contribution in [0.15, 0.2) is 82.9 Å². The molecule has 1 aromatic heterocycles. The molecular weight excluding hydrogens is 348 g/mol. The average molecular weight is 362 g/mol. The molecule has 4 aromatic rings. The number of aromatic nitrogens is 2. The molecule has 0 aliphatic heterocycles. The number of para-hydroxylation sites is 2. The van der Waals surface area contributed by atoms with Crippen LogP contribution in [0.3, 0.4) is 0 Å². The Labute approximate surface area is 150 Å². The summed E-state index contributed by atoms with van der Waals surface area (Å²) in [6.45, 7) is 0. The third kappa shape index (κ3) is 3.25. The molecule has 0 atom stereocenters. The fourth-order valence-electron chi connectivity index (χ4n) is 2.58. The summed E-state index contributed by atoms with van der Waals surface area (Å²) in [6, 6.07) is 19.9. The van der Waals surface area contributed by atoms with Crippen LogP contribution in [0.2, 0.25) is 0 Å². The minimum Gasteiger partial charge on any atom is -0.252 e. The Morgan fingerprint density at radius 1 is 0.885 bits per heavy atom. The molecule has 1 heterocycles. The van der Waals surface area contributed by atoms with Crippen molar-refractivity contribution in [2.75, 3.05) is 0 Å². The van der Waals surface area contributed by atoms with E-state index in [4.69, 9.17) is 0 Å². The second-order valence-electron chi connectivity index (χ2n) is 5.65. The maximum Gasteiger partial charge on any atom is 0.276 e. The summed E-state index contributed by atoms with van der Waals surface area (Å²) in [6.07, 6.45) is 2.87. The van der Waals surface area contributed by atoms with Crippen LogP contribution in [-0.2, 0) is 10.0 Å². The first-order valence-corrected chi connectivity index (χ1v) is 9.36. The van der Waals surface area contributed by atoms with Crippen LogP contribution in [0.25, 0.3) is 21.8 Å². The highest BCUT2D eigenvalue weighted by Gasteiger charge is 2.13. The highest BCUT2D eigenvalue weighted by atomic mass is 32.2. The summed E-state index contributed by atoms with van der Waals surface area (Å²) < 4.78 is 24.8. The van der Waals surface area contributed by atoms with Crippen molar-refractivity contribution < 1.29 is 8.42 Å². The van der Waals surface area contributed by atoms with E-state index in [1.807, 2.05) is 48.5 Å². The molecule has 0 radical (unpaired) electrons. The lowest BCUT2D eigenvalue weighted by Gasteiger charge is -2.05. The van der Waals surface area contributed by atoms with Crippen molar-refractivity contribution in [2.45, 2.75) is 4.90 Å². The number of fused-ring (bicyclic) bond motifs is 2. The molecule has 3 aromatic carbocycles. The van der Waals surface area contributed by atoms with Gasteiger partial charge in [0.05, 0.1) is 28.3 Å². The van der Waals surface area contributed by atoms with Crippen molar-refractivity contribution in [3.8, 4) is 0 Å². The largest absolute Gasteiger partial charge is 0.276 e. The lowest BCUT2D eigenvalue weighted by molar-refractivity contribution is 0.585. The number of hydrazone groups is 1. The van der Waals surface area contributed by atoms with Gasteiger partial charge in [0.2, 0.25) is 0 Å². The zero-order valence-electron chi connectivity index (χ0n) is 13.6. The lowest BCUT2D eigenvalue weighted by atomic mass is 10.1. The van der Waals surface area contributed by atoms with Gasteiger partial charge in [0, 0.05) is 0 Å². The first-order valence-electron chi connectivity index (χ1n) is 7.87. The molecule has 0 saturated heterocycles. The summed E-state index contributed by atoms with van der Waals surface area (Å²) >= 11 is 0. The fraction of sp³-hybridized carbons (Fsp3) is 0. The SMILES string of the molecule is O=S(=O)(NN=Cc1cnc2ccccc2n1)c1ccc2ccccc2c1. The third-order valence-electron chi connectivity index (χ3n) is 3.87. The predicted molar refractivity (Wildman–Crippen MR) is 101 cm³/mol. The van der Waals surface area contributed by atoms with Gasteiger partial charge in [0.25, 0.3) is 10.0 Å². The molecule has 0 aliphatic rings. The van der Waals surface area contributed by atoms with Crippen molar-refractivity contribution in [3.63, 3.8) is 0 Å². The van der Waals surface area contributed by atoms with Crippen LogP contribution < -0.4 is 4.83 Å². The minimum absolute atomic E-state index is 0.151. The number of rotatable bonds is 4. The van der Waals surface area contributed by atoms with Crippen LogP contribution in [0, 0.1) is 0 Å². The van der Waals surface area contributed by atoms with Crippen molar-refractivity contribution in [3.05, 3.63) is 78.6 Å². The molecule has 6 nitrogen and oxygen atoms in total. The number of hydrogen-bond acceptors (Lipinski definition) is 5. The van der Waals surface area contributed by atoms with Crippen LogP contribution >= 0.6 is 0 Å². The van der Waals surface area contributed by atoms with Gasteiger partial charge in [-0.05, 0) is 35.0 Å². The van der Waals surface area contributed by atoms with Crippen molar-refractivity contribution >= 4 is 38.0 Å². The van der Waals surface area contributed by atoms with Gasteiger partial charge < -0.3 is 0 Å². The number of nitrogens with one attached hydrogen (secondary N) is 1. The Balaban J connectivity index is 1.57. The summed E-state index contributed by atoms with van der Waals surface area (Å²) in [5.41, 5.74) is 1.94. The molecule has 0 amide bonds. The zero-order chi connectivity index (χ0) is 18.0. The lowest BCUT2D eigenvalue weighted by Crippen LogP contribution is -2.18. The molecule has 4 rings (SSSR count).